The van der Waals surface area contributed by atoms with Crippen LogP contribution in [0, 0.1) is 13.8 Å². The van der Waals surface area contributed by atoms with Crippen LogP contribution in [0.2, 0.25) is 5.02 Å². The van der Waals surface area contributed by atoms with E-state index in [2.05, 4.69) is 10.5 Å². The van der Waals surface area contributed by atoms with Gasteiger partial charge in [-0.05, 0) is 38.8 Å². The monoisotopic (exact) mass is 432 g/mol. The lowest BCUT2D eigenvalue weighted by Gasteiger charge is -2.08. The van der Waals surface area contributed by atoms with Crippen molar-refractivity contribution in [3.63, 3.8) is 0 Å². The molecule has 0 fully saturated rings. The molecule has 0 atom stereocenters. The van der Waals surface area contributed by atoms with Gasteiger partial charge in [0, 0.05) is 10.4 Å². The minimum atomic E-state index is -0.447. The summed E-state index contributed by atoms with van der Waals surface area (Å²) in [6.07, 6.45) is 0.656. The number of rotatable bonds is 6. The van der Waals surface area contributed by atoms with Crippen molar-refractivity contribution in [3.05, 3.63) is 56.6 Å². The molecule has 8 heteroatoms. The van der Waals surface area contributed by atoms with Crippen LogP contribution in [0.25, 0.3) is 11.3 Å². The standard InChI is InChI=1S/C21H21ClN2O4S/c1-5-13-12(4)29-20(17(13)21(26)27-6-2)23-19(25)16-11(3)28-24-18(16)14-9-7-8-10-15(14)22/h7-10H,5-6H2,1-4H3,(H,23,25). The largest absolute Gasteiger partial charge is 0.462 e. The van der Waals surface area contributed by atoms with Gasteiger partial charge in [-0.25, -0.2) is 4.79 Å². The number of hydrogen-bond acceptors (Lipinski definition) is 6. The average molecular weight is 433 g/mol. The van der Waals surface area contributed by atoms with E-state index in [1.54, 1.807) is 32.0 Å². The van der Waals surface area contributed by atoms with Crippen LogP contribution in [-0.2, 0) is 11.2 Å². The second-order valence-corrected chi connectivity index (χ2v) is 7.94. The minimum absolute atomic E-state index is 0.256. The number of anilines is 1. The van der Waals surface area contributed by atoms with Crippen LogP contribution in [0.15, 0.2) is 28.8 Å². The van der Waals surface area contributed by atoms with Gasteiger partial charge in [-0.15, -0.1) is 11.3 Å². The summed E-state index contributed by atoms with van der Waals surface area (Å²) in [6.45, 7) is 7.54. The van der Waals surface area contributed by atoms with E-state index < -0.39 is 11.9 Å². The number of aryl methyl sites for hydroxylation is 2. The number of nitrogens with zero attached hydrogens (tertiary/aromatic N) is 1. The van der Waals surface area contributed by atoms with Gasteiger partial charge in [0.15, 0.2) is 0 Å². The first kappa shape index (κ1) is 21.1. The number of thiophene rings is 1. The lowest BCUT2D eigenvalue weighted by atomic mass is 10.1. The second-order valence-electron chi connectivity index (χ2n) is 6.31. The molecule has 0 saturated carbocycles. The van der Waals surface area contributed by atoms with Crippen LogP contribution < -0.4 is 5.32 Å². The number of carbonyl (C=O) groups is 2. The van der Waals surface area contributed by atoms with Crippen molar-refractivity contribution in [1.29, 1.82) is 0 Å². The molecule has 0 unspecified atom stereocenters. The third kappa shape index (κ3) is 4.06. The molecule has 0 aliphatic rings. The summed E-state index contributed by atoms with van der Waals surface area (Å²) in [5, 5.41) is 7.79. The van der Waals surface area contributed by atoms with E-state index in [1.165, 1.54) is 11.3 Å². The summed E-state index contributed by atoms with van der Waals surface area (Å²) >= 11 is 7.62. The first-order valence-corrected chi connectivity index (χ1v) is 10.4. The Morgan fingerprint density at radius 2 is 1.93 bits per heavy atom. The normalized spacial score (nSPS) is 10.8. The molecule has 0 aliphatic carbocycles. The summed E-state index contributed by atoms with van der Waals surface area (Å²) in [4.78, 5) is 26.6. The zero-order chi connectivity index (χ0) is 21.1. The number of amides is 1. The smallest absolute Gasteiger partial charge is 0.341 e. The van der Waals surface area contributed by atoms with Gasteiger partial charge in [0.25, 0.3) is 5.91 Å². The van der Waals surface area contributed by atoms with Gasteiger partial charge in [-0.1, -0.05) is 41.9 Å². The van der Waals surface area contributed by atoms with Crippen LogP contribution in [0.5, 0.6) is 0 Å². The number of hydrogen-bond donors (Lipinski definition) is 1. The number of halogens is 1. The van der Waals surface area contributed by atoms with Crippen molar-refractivity contribution < 1.29 is 18.8 Å². The van der Waals surface area contributed by atoms with Crippen LogP contribution in [0.4, 0.5) is 5.00 Å². The lowest BCUT2D eigenvalue weighted by Crippen LogP contribution is -2.16. The topological polar surface area (TPSA) is 81.4 Å². The van der Waals surface area contributed by atoms with Crippen LogP contribution >= 0.6 is 22.9 Å². The Bertz CT molecular complexity index is 1070. The molecule has 0 aliphatic heterocycles. The Morgan fingerprint density at radius 3 is 2.59 bits per heavy atom. The summed E-state index contributed by atoms with van der Waals surface area (Å²) < 4.78 is 10.5. The van der Waals surface area contributed by atoms with Crippen molar-refractivity contribution >= 4 is 39.8 Å². The minimum Gasteiger partial charge on any atom is -0.462 e. The van der Waals surface area contributed by atoms with Crippen molar-refractivity contribution in [2.75, 3.05) is 11.9 Å². The molecule has 0 spiro atoms. The van der Waals surface area contributed by atoms with Crippen molar-refractivity contribution in [3.8, 4) is 11.3 Å². The van der Waals surface area contributed by atoms with Gasteiger partial charge in [0.2, 0.25) is 0 Å². The molecule has 6 nitrogen and oxygen atoms in total. The third-order valence-corrected chi connectivity index (χ3v) is 5.88. The highest BCUT2D eigenvalue weighted by molar-refractivity contribution is 7.16. The molecule has 2 aromatic heterocycles. The van der Waals surface area contributed by atoms with Gasteiger partial charge in [0.05, 0.1) is 17.2 Å². The molecular weight excluding hydrogens is 412 g/mol. The van der Waals surface area contributed by atoms with E-state index in [1.807, 2.05) is 19.9 Å². The molecule has 1 N–H and O–H groups in total. The number of nitrogens with one attached hydrogen (secondary N) is 1. The molecule has 1 aromatic carbocycles. The van der Waals surface area contributed by atoms with Crippen molar-refractivity contribution in [1.82, 2.24) is 5.16 Å². The Morgan fingerprint density at radius 1 is 1.21 bits per heavy atom. The maximum Gasteiger partial charge on any atom is 0.341 e. The van der Waals surface area contributed by atoms with Crippen LogP contribution in [0.1, 0.15) is 50.8 Å². The van der Waals surface area contributed by atoms with Crippen molar-refractivity contribution in [2.24, 2.45) is 0 Å². The molecular formula is C21H21ClN2O4S. The molecule has 3 rings (SSSR count). The third-order valence-electron chi connectivity index (χ3n) is 4.49. The fraction of sp³-hybridized carbons (Fsp3) is 0.286. The summed E-state index contributed by atoms with van der Waals surface area (Å²) in [5.41, 5.74) is 2.50. The summed E-state index contributed by atoms with van der Waals surface area (Å²) in [5.74, 6) is -0.510. The fourth-order valence-corrected chi connectivity index (χ4v) is 4.51. The molecule has 0 radical (unpaired) electrons. The Hall–Kier alpha value is -2.64. The van der Waals surface area contributed by atoms with Gasteiger partial charge < -0.3 is 14.6 Å². The molecule has 1 amide bonds. The van der Waals surface area contributed by atoms with Gasteiger partial charge >= 0.3 is 5.97 Å². The number of aromatic nitrogens is 1. The van der Waals surface area contributed by atoms with Crippen LogP contribution in [-0.4, -0.2) is 23.6 Å². The van der Waals surface area contributed by atoms with Gasteiger partial charge in [-0.2, -0.15) is 0 Å². The highest BCUT2D eigenvalue weighted by atomic mass is 35.5. The van der Waals surface area contributed by atoms with E-state index in [0.29, 0.717) is 39.0 Å². The Kier molecular flexibility index (Phi) is 6.39. The summed E-state index contributed by atoms with van der Waals surface area (Å²) in [6, 6.07) is 7.09. The van der Waals surface area contributed by atoms with E-state index in [-0.39, 0.29) is 12.2 Å². The molecule has 29 heavy (non-hydrogen) atoms. The van der Waals surface area contributed by atoms with Crippen molar-refractivity contribution in [2.45, 2.75) is 34.1 Å². The van der Waals surface area contributed by atoms with E-state index in [4.69, 9.17) is 20.9 Å². The number of benzene rings is 1. The highest BCUT2D eigenvalue weighted by Gasteiger charge is 2.27. The zero-order valence-corrected chi connectivity index (χ0v) is 18.2. The van der Waals surface area contributed by atoms with Crippen LogP contribution in [0.3, 0.4) is 0 Å². The molecule has 0 bridgehead atoms. The first-order valence-electron chi connectivity index (χ1n) is 9.20. The molecule has 152 valence electrons. The molecule has 2 heterocycles. The quantitative estimate of drug-likeness (QED) is 0.508. The van der Waals surface area contributed by atoms with E-state index in [0.717, 1.165) is 10.4 Å². The maximum atomic E-state index is 13.1. The predicted octanol–water partition coefficient (Wildman–Crippen LogP) is 5.66. The fourth-order valence-electron chi connectivity index (χ4n) is 3.15. The number of esters is 1. The van der Waals surface area contributed by atoms with E-state index >= 15 is 0 Å². The van der Waals surface area contributed by atoms with Gasteiger partial charge in [-0.3, -0.25) is 4.79 Å². The SMILES string of the molecule is CCOC(=O)c1c(NC(=O)c2c(-c3ccccc3Cl)noc2C)sc(C)c1CC. The summed E-state index contributed by atoms with van der Waals surface area (Å²) in [7, 11) is 0. The predicted molar refractivity (Wildman–Crippen MR) is 114 cm³/mol. The number of carbonyl (C=O) groups excluding carboxylic acids is 2. The Balaban J connectivity index is 2.02. The Labute approximate surface area is 177 Å². The van der Waals surface area contributed by atoms with E-state index in [9.17, 15) is 9.59 Å². The first-order chi connectivity index (χ1) is 13.9. The maximum absolute atomic E-state index is 13.1. The van der Waals surface area contributed by atoms with Gasteiger partial charge in [0.1, 0.15) is 22.0 Å². The average Bonchev–Trinajstić information content (AvgIpc) is 3.21. The second kappa shape index (κ2) is 8.80. The lowest BCUT2D eigenvalue weighted by molar-refractivity contribution is 0.0527. The number of ether oxygens (including phenoxy) is 1. The zero-order valence-electron chi connectivity index (χ0n) is 16.6. The molecule has 0 saturated heterocycles. The molecule has 3 aromatic rings. The highest BCUT2D eigenvalue weighted by Crippen LogP contribution is 2.36.